The van der Waals surface area contributed by atoms with Gasteiger partial charge < -0.3 is 14.6 Å². The van der Waals surface area contributed by atoms with Gasteiger partial charge in [-0.1, -0.05) is 18.2 Å². The Kier molecular flexibility index (Phi) is 4.39. The van der Waals surface area contributed by atoms with Gasteiger partial charge in [-0.25, -0.2) is 0 Å². The average Bonchev–Trinajstić information content (AvgIpc) is 2.64. The number of nitrogens with one attached hydrogen (secondary N) is 1. The van der Waals surface area contributed by atoms with Crippen molar-refractivity contribution in [1.82, 2.24) is 9.88 Å². The molecule has 2 rings (SSSR count). The van der Waals surface area contributed by atoms with Crippen LogP contribution in [0.15, 0.2) is 24.3 Å². The standard InChI is InChI=1S/C15H22N2O/c1-12-14(11-18-10-6-9-16-2)13-7-4-5-8-15(13)17(12)3/h4-5,7-8,16H,6,9-11H2,1-3H3. The molecular formula is C15H22N2O. The summed E-state index contributed by atoms with van der Waals surface area (Å²) in [7, 11) is 4.08. The molecule has 0 saturated heterocycles. The summed E-state index contributed by atoms with van der Waals surface area (Å²) >= 11 is 0. The highest BCUT2D eigenvalue weighted by atomic mass is 16.5. The van der Waals surface area contributed by atoms with Crippen LogP contribution in [-0.4, -0.2) is 24.8 Å². The monoisotopic (exact) mass is 246 g/mol. The van der Waals surface area contributed by atoms with Crippen molar-refractivity contribution in [3.63, 3.8) is 0 Å². The van der Waals surface area contributed by atoms with Crippen molar-refractivity contribution in [2.24, 2.45) is 7.05 Å². The Balaban J connectivity index is 2.10. The maximum Gasteiger partial charge on any atom is 0.0740 e. The largest absolute Gasteiger partial charge is 0.377 e. The Morgan fingerprint density at radius 3 is 2.83 bits per heavy atom. The molecule has 18 heavy (non-hydrogen) atoms. The number of aromatic nitrogens is 1. The van der Waals surface area contributed by atoms with E-state index in [1.54, 1.807) is 0 Å². The summed E-state index contributed by atoms with van der Waals surface area (Å²) in [6.07, 6.45) is 1.06. The SMILES string of the molecule is CNCCCOCc1c(C)n(C)c2ccccc12. The fraction of sp³-hybridized carbons (Fsp3) is 0.467. The molecule has 0 atom stereocenters. The molecule has 3 nitrogen and oxygen atoms in total. The number of hydrogen-bond acceptors (Lipinski definition) is 2. The molecule has 1 aromatic heterocycles. The molecule has 2 aromatic rings. The first-order valence-electron chi connectivity index (χ1n) is 6.51. The zero-order chi connectivity index (χ0) is 13.0. The van der Waals surface area contributed by atoms with Crippen LogP contribution < -0.4 is 5.32 Å². The number of para-hydroxylation sites is 1. The summed E-state index contributed by atoms with van der Waals surface area (Å²) < 4.78 is 8.01. The second-order valence-electron chi connectivity index (χ2n) is 4.65. The van der Waals surface area contributed by atoms with Crippen molar-refractivity contribution in [3.8, 4) is 0 Å². The number of rotatable bonds is 6. The van der Waals surface area contributed by atoms with E-state index in [0.29, 0.717) is 6.61 Å². The summed E-state index contributed by atoms with van der Waals surface area (Å²) in [6, 6.07) is 8.51. The van der Waals surface area contributed by atoms with E-state index in [4.69, 9.17) is 4.74 Å². The fourth-order valence-corrected chi connectivity index (χ4v) is 2.31. The molecule has 0 unspecified atom stereocenters. The first kappa shape index (κ1) is 13.1. The first-order chi connectivity index (χ1) is 8.75. The van der Waals surface area contributed by atoms with Gasteiger partial charge in [-0.15, -0.1) is 0 Å². The van der Waals surface area contributed by atoms with Gasteiger partial charge in [-0.2, -0.15) is 0 Å². The smallest absolute Gasteiger partial charge is 0.0740 e. The van der Waals surface area contributed by atoms with Gasteiger partial charge in [0.15, 0.2) is 0 Å². The lowest BCUT2D eigenvalue weighted by molar-refractivity contribution is 0.119. The molecule has 0 fully saturated rings. The summed E-state index contributed by atoms with van der Waals surface area (Å²) in [5, 5.41) is 4.44. The van der Waals surface area contributed by atoms with Gasteiger partial charge in [0, 0.05) is 35.8 Å². The fourth-order valence-electron chi connectivity index (χ4n) is 2.31. The molecule has 0 spiro atoms. The molecule has 0 saturated carbocycles. The van der Waals surface area contributed by atoms with Crippen molar-refractivity contribution in [2.75, 3.05) is 20.2 Å². The van der Waals surface area contributed by atoms with E-state index in [0.717, 1.165) is 19.6 Å². The average molecular weight is 246 g/mol. The normalized spacial score (nSPS) is 11.3. The molecule has 1 heterocycles. The highest BCUT2D eigenvalue weighted by Crippen LogP contribution is 2.25. The minimum absolute atomic E-state index is 0.705. The summed E-state index contributed by atoms with van der Waals surface area (Å²) in [4.78, 5) is 0. The zero-order valence-electron chi connectivity index (χ0n) is 11.5. The summed E-state index contributed by atoms with van der Waals surface area (Å²) in [5.74, 6) is 0. The van der Waals surface area contributed by atoms with Gasteiger partial charge in [0.25, 0.3) is 0 Å². The maximum atomic E-state index is 5.77. The third kappa shape index (κ3) is 2.57. The molecule has 1 N–H and O–H groups in total. The minimum Gasteiger partial charge on any atom is -0.377 e. The van der Waals surface area contributed by atoms with Crippen LogP contribution in [0, 0.1) is 6.92 Å². The van der Waals surface area contributed by atoms with E-state index in [1.807, 2.05) is 7.05 Å². The third-order valence-corrected chi connectivity index (χ3v) is 3.49. The van der Waals surface area contributed by atoms with Gasteiger partial charge in [-0.05, 0) is 33.0 Å². The first-order valence-corrected chi connectivity index (χ1v) is 6.51. The van der Waals surface area contributed by atoms with Gasteiger partial charge >= 0.3 is 0 Å². The second-order valence-corrected chi connectivity index (χ2v) is 4.65. The number of fused-ring (bicyclic) bond motifs is 1. The summed E-state index contributed by atoms with van der Waals surface area (Å²) in [5.41, 5.74) is 3.89. The Labute approximate surface area is 109 Å². The van der Waals surface area contributed by atoms with E-state index in [2.05, 4.69) is 48.1 Å². The molecule has 0 aliphatic carbocycles. The van der Waals surface area contributed by atoms with Crippen molar-refractivity contribution in [2.45, 2.75) is 20.0 Å². The lowest BCUT2D eigenvalue weighted by atomic mass is 10.1. The molecule has 0 bridgehead atoms. The van der Waals surface area contributed by atoms with Crippen molar-refractivity contribution in [1.29, 1.82) is 0 Å². The van der Waals surface area contributed by atoms with Crippen LogP contribution in [0.5, 0.6) is 0 Å². The molecular weight excluding hydrogens is 224 g/mol. The lowest BCUT2D eigenvalue weighted by Crippen LogP contribution is -2.10. The lowest BCUT2D eigenvalue weighted by Gasteiger charge is -2.05. The van der Waals surface area contributed by atoms with E-state index < -0.39 is 0 Å². The Hall–Kier alpha value is -1.32. The molecule has 0 radical (unpaired) electrons. The van der Waals surface area contributed by atoms with E-state index in [1.165, 1.54) is 22.2 Å². The van der Waals surface area contributed by atoms with Gasteiger partial charge in [0.2, 0.25) is 0 Å². The highest BCUT2D eigenvalue weighted by Gasteiger charge is 2.10. The van der Waals surface area contributed by atoms with Crippen molar-refractivity contribution >= 4 is 10.9 Å². The van der Waals surface area contributed by atoms with Crippen LogP contribution in [0.2, 0.25) is 0 Å². The zero-order valence-corrected chi connectivity index (χ0v) is 11.5. The van der Waals surface area contributed by atoms with Gasteiger partial charge in [-0.3, -0.25) is 0 Å². The third-order valence-electron chi connectivity index (χ3n) is 3.49. The molecule has 0 amide bonds. The summed E-state index contributed by atoms with van der Waals surface area (Å²) in [6.45, 7) is 4.68. The maximum absolute atomic E-state index is 5.77. The van der Waals surface area contributed by atoms with Crippen LogP contribution >= 0.6 is 0 Å². The van der Waals surface area contributed by atoms with Crippen LogP contribution in [0.4, 0.5) is 0 Å². The molecule has 98 valence electrons. The number of nitrogens with zero attached hydrogens (tertiary/aromatic N) is 1. The van der Waals surface area contributed by atoms with Crippen molar-refractivity contribution < 1.29 is 4.74 Å². The highest BCUT2D eigenvalue weighted by molar-refractivity contribution is 5.85. The topological polar surface area (TPSA) is 26.2 Å². The molecule has 0 aliphatic heterocycles. The van der Waals surface area contributed by atoms with Gasteiger partial charge in [0.1, 0.15) is 0 Å². The Morgan fingerprint density at radius 1 is 1.28 bits per heavy atom. The van der Waals surface area contributed by atoms with Crippen LogP contribution in [-0.2, 0) is 18.4 Å². The Morgan fingerprint density at radius 2 is 2.06 bits per heavy atom. The van der Waals surface area contributed by atoms with Crippen LogP contribution in [0.1, 0.15) is 17.7 Å². The van der Waals surface area contributed by atoms with Gasteiger partial charge in [0.05, 0.1) is 6.61 Å². The molecule has 3 heteroatoms. The predicted molar refractivity (Wildman–Crippen MR) is 75.9 cm³/mol. The number of aryl methyl sites for hydroxylation is 1. The quantitative estimate of drug-likeness (QED) is 0.793. The van der Waals surface area contributed by atoms with E-state index in [-0.39, 0.29) is 0 Å². The van der Waals surface area contributed by atoms with Crippen LogP contribution in [0.3, 0.4) is 0 Å². The predicted octanol–water partition coefficient (Wildman–Crippen LogP) is 2.61. The van der Waals surface area contributed by atoms with E-state index >= 15 is 0 Å². The van der Waals surface area contributed by atoms with E-state index in [9.17, 15) is 0 Å². The number of ether oxygens (including phenoxy) is 1. The number of hydrogen-bond donors (Lipinski definition) is 1. The van der Waals surface area contributed by atoms with Crippen molar-refractivity contribution in [3.05, 3.63) is 35.5 Å². The molecule has 1 aromatic carbocycles. The molecule has 0 aliphatic rings. The van der Waals surface area contributed by atoms with Crippen LogP contribution in [0.25, 0.3) is 10.9 Å². The Bertz CT molecular complexity index is 516. The number of benzene rings is 1. The minimum atomic E-state index is 0.705. The second kappa shape index (κ2) is 6.03.